The van der Waals surface area contributed by atoms with E-state index in [2.05, 4.69) is 0 Å². The summed E-state index contributed by atoms with van der Waals surface area (Å²) in [5.41, 5.74) is 1.48. The van der Waals surface area contributed by atoms with Crippen molar-refractivity contribution in [3.8, 4) is 0 Å². The molecule has 1 aromatic heterocycles. The second-order valence-electron chi connectivity index (χ2n) is 3.99. The summed E-state index contributed by atoms with van der Waals surface area (Å²) in [5, 5.41) is 11.8. The lowest BCUT2D eigenvalue weighted by Gasteiger charge is -1.98. The van der Waals surface area contributed by atoms with Gasteiger partial charge in [0.15, 0.2) is 0 Å². The summed E-state index contributed by atoms with van der Waals surface area (Å²) in [5.74, 6) is -0.846. The first kappa shape index (κ1) is 9.90. The van der Waals surface area contributed by atoms with Crippen LogP contribution in [0.3, 0.4) is 0 Å². The van der Waals surface area contributed by atoms with Crippen LogP contribution in [-0.2, 0) is 11.2 Å². The second kappa shape index (κ2) is 3.63. The van der Waals surface area contributed by atoms with Gasteiger partial charge in [0.1, 0.15) is 5.58 Å². The van der Waals surface area contributed by atoms with Crippen molar-refractivity contribution < 1.29 is 14.3 Å². The van der Waals surface area contributed by atoms with Crippen molar-refractivity contribution >= 4 is 27.7 Å². The molecule has 1 heterocycles. The minimum Gasteiger partial charge on any atom is -0.481 e. The Bertz CT molecular complexity index is 710. The van der Waals surface area contributed by atoms with Crippen molar-refractivity contribution in [1.82, 2.24) is 0 Å². The van der Waals surface area contributed by atoms with Crippen LogP contribution >= 0.6 is 0 Å². The van der Waals surface area contributed by atoms with Crippen LogP contribution in [0, 0.1) is 0 Å². The molecule has 0 aliphatic carbocycles. The molecule has 0 amide bonds. The number of hydrogen-bond donors (Lipinski definition) is 1. The summed E-state index contributed by atoms with van der Waals surface area (Å²) < 4.78 is 5.50. The van der Waals surface area contributed by atoms with Crippen molar-refractivity contribution in [2.45, 2.75) is 6.42 Å². The Labute approximate surface area is 97.3 Å². The molecule has 0 radical (unpaired) electrons. The third-order valence-electron chi connectivity index (χ3n) is 2.89. The molecule has 17 heavy (non-hydrogen) atoms. The maximum absolute atomic E-state index is 10.7. The molecule has 0 aliphatic heterocycles. The Balaban J connectivity index is 2.31. The fourth-order valence-corrected chi connectivity index (χ4v) is 2.12. The van der Waals surface area contributed by atoms with E-state index < -0.39 is 5.97 Å². The van der Waals surface area contributed by atoms with Crippen LogP contribution in [0.4, 0.5) is 0 Å². The molecule has 1 N–H and O–H groups in total. The van der Waals surface area contributed by atoms with Gasteiger partial charge in [-0.3, -0.25) is 4.79 Å². The average Bonchev–Trinajstić information content (AvgIpc) is 2.72. The van der Waals surface area contributed by atoms with Crippen LogP contribution in [0.2, 0.25) is 0 Å². The molecule has 3 rings (SSSR count). The maximum Gasteiger partial charge on any atom is 0.307 e. The molecule has 3 aromatic rings. The monoisotopic (exact) mass is 226 g/mol. The molecular formula is C14H10O3. The number of fused-ring (bicyclic) bond motifs is 3. The van der Waals surface area contributed by atoms with Gasteiger partial charge in [-0.25, -0.2) is 0 Å². The van der Waals surface area contributed by atoms with E-state index in [1.54, 1.807) is 0 Å². The Hall–Kier alpha value is -2.29. The molecule has 0 atom stereocenters. The molecule has 0 aliphatic rings. The predicted molar refractivity (Wildman–Crippen MR) is 65.1 cm³/mol. The fourth-order valence-electron chi connectivity index (χ4n) is 2.12. The Morgan fingerprint density at radius 3 is 2.76 bits per heavy atom. The lowest BCUT2D eigenvalue weighted by molar-refractivity contribution is -0.136. The van der Waals surface area contributed by atoms with E-state index in [0.717, 1.165) is 27.3 Å². The minimum absolute atomic E-state index is 0.00859. The highest BCUT2D eigenvalue weighted by Gasteiger charge is 2.11. The highest BCUT2D eigenvalue weighted by atomic mass is 16.4. The molecular weight excluding hydrogens is 216 g/mol. The Morgan fingerprint density at radius 2 is 1.94 bits per heavy atom. The summed E-state index contributed by atoms with van der Waals surface area (Å²) >= 11 is 0. The van der Waals surface area contributed by atoms with E-state index in [0.29, 0.717) is 0 Å². The first-order valence-electron chi connectivity index (χ1n) is 5.35. The van der Waals surface area contributed by atoms with Gasteiger partial charge in [0.2, 0.25) is 0 Å². The number of rotatable bonds is 2. The predicted octanol–water partition coefficient (Wildman–Crippen LogP) is 3.21. The van der Waals surface area contributed by atoms with Crippen molar-refractivity contribution in [3.63, 3.8) is 0 Å². The number of furan rings is 1. The number of carboxylic acid groups (broad SMARTS) is 1. The highest BCUT2D eigenvalue weighted by Crippen LogP contribution is 2.29. The van der Waals surface area contributed by atoms with Crippen LogP contribution in [-0.4, -0.2) is 11.1 Å². The first-order chi connectivity index (χ1) is 8.25. The lowest BCUT2D eigenvalue weighted by atomic mass is 10.0. The van der Waals surface area contributed by atoms with E-state index in [1.807, 2.05) is 36.4 Å². The summed E-state index contributed by atoms with van der Waals surface area (Å²) in [6, 6.07) is 11.8. The van der Waals surface area contributed by atoms with Crippen molar-refractivity contribution in [2.75, 3.05) is 0 Å². The number of aliphatic carboxylic acids is 1. The summed E-state index contributed by atoms with van der Waals surface area (Å²) in [4.78, 5) is 10.7. The quantitative estimate of drug-likeness (QED) is 0.729. The summed E-state index contributed by atoms with van der Waals surface area (Å²) in [6.45, 7) is 0. The molecule has 2 aromatic carbocycles. The average molecular weight is 226 g/mol. The second-order valence-corrected chi connectivity index (χ2v) is 3.99. The molecule has 84 valence electrons. The molecule has 0 saturated carbocycles. The SMILES string of the molecule is O=C(O)Cc1coc2c1ccc1ccccc12. The molecule has 0 spiro atoms. The van der Waals surface area contributed by atoms with Gasteiger partial charge in [-0.2, -0.15) is 0 Å². The maximum atomic E-state index is 10.7. The van der Waals surface area contributed by atoms with Crippen LogP contribution < -0.4 is 0 Å². The summed E-state index contributed by atoms with van der Waals surface area (Å²) in [6.07, 6.45) is 1.52. The highest BCUT2D eigenvalue weighted by molar-refractivity contribution is 6.05. The van der Waals surface area contributed by atoms with Gasteiger partial charge in [0, 0.05) is 16.3 Å². The Kier molecular flexibility index (Phi) is 2.11. The van der Waals surface area contributed by atoms with Crippen LogP contribution in [0.1, 0.15) is 5.56 Å². The van der Waals surface area contributed by atoms with E-state index in [1.165, 1.54) is 6.26 Å². The molecule has 3 nitrogen and oxygen atoms in total. The van der Waals surface area contributed by atoms with Gasteiger partial charge in [0.05, 0.1) is 12.7 Å². The fraction of sp³-hybridized carbons (Fsp3) is 0.0714. The van der Waals surface area contributed by atoms with Gasteiger partial charge in [0.25, 0.3) is 0 Å². The molecule has 0 saturated heterocycles. The smallest absolute Gasteiger partial charge is 0.307 e. The zero-order valence-electron chi connectivity index (χ0n) is 9.01. The third kappa shape index (κ3) is 1.56. The van der Waals surface area contributed by atoms with Gasteiger partial charge in [-0.15, -0.1) is 0 Å². The van der Waals surface area contributed by atoms with Gasteiger partial charge in [-0.1, -0.05) is 36.4 Å². The minimum atomic E-state index is -0.846. The molecule has 0 bridgehead atoms. The van der Waals surface area contributed by atoms with Crippen LogP contribution in [0.25, 0.3) is 21.7 Å². The van der Waals surface area contributed by atoms with Crippen molar-refractivity contribution in [2.24, 2.45) is 0 Å². The molecule has 3 heteroatoms. The van der Waals surface area contributed by atoms with Gasteiger partial charge < -0.3 is 9.52 Å². The third-order valence-corrected chi connectivity index (χ3v) is 2.89. The zero-order valence-corrected chi connectivity index (χ0v) is 9.01. The number of hydrogen-bond acceptors (Lipinski definition) is 2. The standard InChI is InChI=1S/C14H10O3/c15-13(16)7-10-8-17-14-11-4-2-1-3-9(11)5-6-12(10)14/h1-6,8H,7H2,(H,15,16). The van der Waals surface area contributed by atoms with Gasteiger partial charge in [-0.05, 0) is 5.39 Å². The zero-order chi connectivity index (χ0) is 11.8. The normalized spacial score (nSPS) is 11.1. The van der Waals surface area contributed by atoms with E-state index in [4.69, 9.17) is 9.52 Å². The number of benzene rings is 2. The lowest BCUT2D eigenvalue weighted by Crippen LogP contribution is -1.98. The number of carboxylic acids is 1. The van der Waals surface area contributed by atoms with E-state index in [-0.39, 0.29) is 6.42 Å². The first-order valence-corrected chi connectivity index (χ1v) is 5.35. The van der Waals surface area contributed by atoms with Crippen LogP contribution in [0.15, 0.2) is 47.1 Å². The van der Waals surface area contributed by atoms with Crippen molar-refractivity contribution in [3.05, 3.63) is 48.2 Å². The topological polar surface area (TPSA) is 50.4 Å². The van der Waals surface area contributed by atoms with Crippen LogP contribution in [0.5, 0.6) is 0 Å². The van der Waals surface area contributed by atoms with E-state index in [9.17, 15) is 4.79 Å². The molecule has 0 fully saturated rings. The van der Waals surface area contributed by atoms with Gasteiger partial charge >= 0.3 is 5.97 Å². The number of carbonyl (C=O) groups is 1. The van der Waals surface area contributed by atoms with Crippen molar-refractivity contribution in [1.29, 1.82) is 0 Å². The summed E-state index contributed by atoms with van der Waals surface area (Å²) in [7, 11) is 0. The van der Waals surface area contributed by atoms with E-state index >= 15 is 0 Å². The Morgan fingerprint density at radius 1 is 1.12 bits per heavy atom. The molecule has 0 unspecified atom stereocenters. The largest absolute Gasteiger partial charge is 0.481 e.